The van der Waals surface area contributed by atoms with Crippen LogP contribution >= 0.6 is 0 Å². The van der Waals surface area contributed by atoms with Crippen molar-refractivity contribution in [1.82, 2.24) is 0 Å². The summed E-state index contributed by atoms with van der Waals surface area (Å²) in [4.78, 5) is 74.6. The van der Waals surface area contributed by atoms with Crippen LogP contribution in [0.2, 0.25) is 0 Å². The molecular formula is C71H96O17. The van der Waals surface area contributed by atoms with Crippen molar-refractivity contribution in [2.24, 2.45) is 85.8 Å². The van der Waals surface area contributed by atoms with E-state index >= 15 is 0 Å². The van der Waals surface area contributed by atoms with Gasteiger partial charge in [0.15, 0.2) is 58.5 Å². The van der Waals surface area contributed by atoms with Gasteiger partial charge in [-0.3, -0.25) is 28.8 Å². The van der Waals surface area contributed by atoms with Crippen LogP contribution in [0.3, 0.4) is 0 Å². The van der Waals surface area contributed by atoms with Crippen molar-refractivity contribution in [2.45, 2.75) is 224 Å². The molecule has 88 heavy (non-hydrogen) atoms. The number of ether oxygens (including phenoxy) is 4. The molecule has 0 radical (unpaired) electrons. The minimum Gasteiger partial charge on any atom is -0.393 e. The predicted octanol–water partition coefficient (Wildman–Crippen LogP) is 6.99. The zero-order valence-electron chi connectivity index (χ0n) is 52.8. The number of aliphatic hydroxyl groups is 7. The van der Waals surface area contributed by atoms with E-state index in [2.05, 4.69) is 48.5 Å². The Kier molecular flexibility index (Phi) is 16.3. The van der Waals surface area contributed by atoms with Crippen LogP contribution in [0.1, 0.15) is 165 Å². The molecule has 0 amide bonds. The van der Waals surface area contributed by atoms with Crippen LogP contribution in [-0.4, -0.2) is 150 Å². The highest BCUT2D eigenvalue weighted by molar-refractivity contribution is 6.02. The van der Waals surface area contributed by atoms with E-state index in [-0.39, 0.29) is 98.4 Å². The predicted molar refractivity (Wildman–Crippen MR) is 321 cm³/mol. The first-order valence-electron chi connectivity index (χ1n) is 33.3. The lowest BCUT2D eigenvalue weighted by molar-refractivity contribution is -0.200. The normalized spacial score (nSPS) is 50.2. The van der Waals surface area contributed by atoms with Gasteiger partial charge in [0.1, 0.15) is 25.4 Å². The molecule has 17 heteroatoms. The largest absolute Gasteiger partial charge is 0.393 e. The van der Waals surface area contributed by atoms with Gasteiger partial charge in [-0.05, 0) is 168 Å². The smallest absolute Gasteiger partial charge is 0.193 e. The highest BCUT2D eigenvalue weighted by atomic mass is 16.8. The third-order valence-electron chi connectivity index (χ3n) is 27.0. The van der Waals surface area contributed by atoms with Crippen molar-refractivity contribution < 1.29 is 83.5 Å². The van der Waals surface area contributed by atoms with E-state index in [1.54, 1.807) is 36.5 Å². The topological polar surface area (TPSA) is 281 Å². The third-order valence-corrected chi connectivity index (χ3v) is 27.0. The summed E-state index contributed by atoms with van der Waals surface area (Å²) >= 11 is 0. The second-order valence-corrected chi connectivity index (χ2v) is 30.6. The molecule has 0 unspecified atom stereocenters. The maximum Gasteiger partial charge on any atom is 0.193 e. The highest BCUT2D eigenvalue weighted by Crippen LogP contribution is 2.73. The fraction of sp³-hybridized carbons (Fsp3) is 0.746. The van der Waals surface area contributed by atoms with E-state index in [4.69, 9.17) is 18.9 Å². The lowest BCUT2D eigenvalue weighted by atomic mass is 9.46. The van der Waals surface area contributed by atoms with Crippen molar-refractivity contribution in [1.29, 1.82) is 0 Å². The van der Waals surface area contributed by atoms with Crippen molar-refractivity contribution >= 4 is 34.7 Å². The Morgan fingerprint density at radius 3 is 1.18 bits per heavy atom. The van der Waals surface area contributed by atoms with Gasteiger partial charge >= 0.3 is 0 Å². The van der Waals surface area contributed by atoms with Crippen LogP contribution in [-0.2, 0) is 47.7 Å². The first-order valence-corrected chi connectivity index (χ1v) is 33.3. The number of carbonyl (C=O) groups excluding carboxylic acids is 6. The summed E-state index contributed by atoms with van der Waals surface area (Å²) in [5, 5.41) is 74.5. The minimum atomic E-state index is -1.56. The van der Waals surface area contributed by atoms with Crippen LogP contribution in [0.5, 0.6) is 0 Å². The second kappa shape index (κ2) is 22.4. The summed E-state index contributed by atoms with van der Waals surface area (Å²) in [5.41, 5.74) is -3.64. The van der Waals surface area contributed by atoms with Crippen LogP contribution in [0, 0.1) is 85.8 Å². The summed E-state index contributed by atoms with van der Waals surface area (Å²) in [5.74, 6) is -0.172. The molecule has 17 nitrogen and oxygen atoms in total. The number of fused-ring (bicyclic) bond motifs is 19. The molecule has 7 N–H and O–H groups in total. The Morgan fingerprint density at radius 2 is 0.841 bits per heavy atom. The number of hydrogen-bond donors (Lipinski definition) is 7. The molecule has 11 fully saturated rings. The van der Waals surface area contributed by atoms with Gasteiger partial charge in [-0.2, -0.15) is 0 Å². The van der Waals surface area contributed by atoms with E-state index < -0.39 is 102 Å². The van der Waals surface area contributed by atoms with Crippen LogP contribution in [0.25, 0.3) is 0 Å². The number of Topliss-reactive ketones (excluding diaryl/α,β-unsaturated/α-hetero) is 3. The molecule has 0 aromatic carbocycles. The van der Waals surface area contributed by atoms with Gasteiger partial charge in [0.25, 0.3) is 0 Å². The summed E-state index contributed by atoms with van der Waals surface area (Å²) in [6, 6.07) is 0. The van der Waals surface area contributed by atoms with Crippen molar-refractivity contribution in [2.75, 3.05) is 19.8 Å². The molecule has 0 spiro atoms. The number of rotatable bonds is 10. The first-order chi connectivity index (χ1) is 41.6. The monoisotopic (exact) mass is 1220 g/mol. The highest BCUT2D eigenvalue weighted by Gasteiger charge is 2.78. The molecule has 0 aromatic rings. The molecular weight excluding hydrogens is 1120 g/mol. The Labute approximate surface area is 517 Å². The average Bonchev–Trinajstić information content (AvgIpc) is 1.51. The van der Waals surface area contributed by atoms with Gasteiger partial charge in [0, 0.05) is 50.2 Å². The maximum atomic E-state index is 13.2. The van der Waals surface area contributed by atoms with Gasteiger partial charge in [-0.15, -0.1) is 0 Å². The number of aliphatic hydroxyl groups excluding tert-OH is 6. The van der Waals surface area contributed by atoms with Gasteiger partial charge in [0.2, 0.25) is 0 Å². The average molecular weight is 1220 g/mol. The van der Waals surface area contributed by atoms with Crippen molar-refractivity contribution in [3.63, 3.8) is 0 Å². The van der Waals surface area contributed by atoms with Crippen molar-refractivity contribution in [3.8, 4) is 0 Å². The van der Waals surface area contributed by atoms with Gasteiger partial charge in [-0.1, -0.05) is 103 Å². The summed E-state index contributed by atoms with van der Waals surface area (Å²) in [7, 11) is 0. The van der Waals surface area contributed by atoms with E-state index in [1.807, 2.05) is 25.2 Å². The molecule has 14 rings (SSSR count). The number of allylic oxidation sites excluding steroid dienone is 12. The van der Waals surface area contributed by atoms with E-state index in [0.717, 1.165) is 74.5 Å². The van der Waals surface area contributed by atoms with Crippen LogP contribution < -0.4 is 0 Å². The van der Waals surface area contributed by atoms with Gasteiger partial charge in [-0.25, -0.2) is 0 Å². The van der Waals surface area contributed by atoms with Crippen LogP contribution in [0.15, 0.2) is 71.4 Å². The molecule has 2 heterocycles. The molecule has 9 saturated carbocycles. The number of hydrogen-bond acceptors (Lipinski definition) is 17. The SMILES string of the molecule is CCC[C@@H]1O[C@@H]2C[C@H]3[C@@H]4CCC5=CC(=O)C=C[C@]5(C)[C@H]4[C@@H](O)C[C@]3(C)[C@]2(C(=O)CO)O1.CCC[C@@H]1O[C@@H]2C[C@H]3[C@@H]4CCC5=CC(=O)C=C[C@]5(C)[C@H]4[C@@H](O)C[C@]3(C)[C@]2(C(=O)CO)O1.C[C@]12C=CC(=O)C=C1CC[C@@H]1[C@@H]2[C@@H](O)C[C@@]2(C)[C@H]1CC[C@]2(O)C(=O)CO. The molecule has 0 bridgehead atoms. The number of ketones is 6. The molecule has 0 aromatic heterocycles. The molecule has 2 saturated heterocycles. The second-order valence-electron chi connectivity index (χ2n) is 30.6. The molecule has 2 aliphatic heterocycles. The lowest BCUT2D eigenvalue weighted by Gasteiger charge is -2.59. The van der Waals surface area contributed by atoms with Gasteiger partial charge in [0.05, 0.1) is 30.5 Å². The Balaban J connectivity index is 0.000000129. The lowest BCUT2D eigenvalue weighted by Crippen LogP contribution is -2.63. The van der Waals surface area contributed by atoms with Crippen LogP contribution in [0.4, 0.5) is 0 Å². The Bertz CT molecular complexity index is 2940. The molecule has 12 aliphatic carbocycles. The minimum absolute atomic E-state index is 0.00912. The summed E-state index contributed by atoms with van der Waals surface area (Å²) in [6.45, 7) is 14.7. The Hall–Kier alpha value is -3.98. The van der Waals surface area contributed by atoms with Gasteiger partial charge < -0.3 is 54.7 Å². The van der Waals surface area contributed by atoms with E-state index in [0.29, 0.717) is 51.4 Å². The quantitative estimate of drug-likeness (QED) is 0.116. The first kappa shape index (κ1) is 64.1. The molecule has 482 valence electrons. The molecule has 14 aliphatic rings. The fourth-order valence-corrected chi connectivity index (χ4v) is 23.2. The standard InChI is InChI=1S/2C25H34O6.C21H28O5/c2*1-4-5-21-30-20-11-17-16-7-6-14-10-15(27)8-9-23(14,2)22(16)18(28)12-24(17,3)25(20,31-21)19(29)13-26;1-19-7-5-13(23)9-12(19)3-4-14-15-6-8-21(26,17(25)11-22)20(15,2)10-16(24)18(14)19/h2*8-10,16-18,20-22,26,28H,4-7,11-13H2,1-3H3;5,7,9,14-16,18,22,24,26H,3-4,6,8,10-11H2,1-2H3/t2*16-,17-,18-,20+,21+,22+,23-,24-,25+;14-,15-,16-,18+,19-,20-,21-/m000/s1. The summed E-state index contributed by atoms with van der Waals surface area (Å²) < 4.78 is 25.3. The van der Waals surface area contributed by atoms with E-state index in [9.17, 15) is 64.5 Å². The zero-order chi connectivity index (χ0) is 63.3. The van der Waals surface area contributed by atoms with E-state index in [1.165, 1.54) is 0 Å². The Morgan fingerprint density at radius 1 is 0.500 bits per heavy atom. The number of carbonyl (C=O) groups is 6. The third kappa shape index (κ3) is 8.82. The zero-order valence-corrected chi connectivity index (χ0v) is 52.8. The maximum absolute atomic E-state index is 13.2. The fourth-order valence-electron chi connectivity index (χ4n) is 23.2. The summed E-state index contributed by atoms with van der Waals surface area (Å²) in [6.07, 6.45) is 24.3. The molecule has 25 atom stereocenters. The van der Waals surface area contributed by atoms with Crippen molar-refractivity contribution in [3.05, 3.63) is 71.4 Å².